The van der Waals surface area contributed by atoms with Crippen LogP contribution in [0, 0.1) is 10.8 Å². The highest BCUT2D eigenvalue weighted by molar-refractivity contribution is 6.30. The minimum atomic E-state index is 0.377. The fourth-order valence-corrected chi connectivity index (χ4v) is 4.29. The number of rotatable bonds is 3. The molecule has 2 rings (SSSR count). The molecule has 1 nitrogen and oxygen atoms in total. The van der Waals surface area contributed by atoms with Crippen LogP contribution in [0.15, 0.2) is 24.3 Å². The lowest BCUT2D eigenvalue weighted by Gasteiger charge is -2.46. The van der Waals surface area contributed by atoms with E-state index < -0.39 is 0 Å². The van der Waals surface area contributed by atoms with E-state index in [1.807, 2.05) is 12.1 Å². The zero-order valence-electron chi connectivity index (χ0n) is 13.5. The third-order valence-electron chi connectivity index (χ3n) is 4.41. The topological polar surface area (TPSA) is 12.0 Å². The van der Waals surface area contributed by atoms with Crippen molar-refractivity contribution in [3.63, 3.8) is 0 Å². The first-order valence-electron chi connectivity index (χ1n) is 7.68. The minimum Gasteiger partial charge on any atom is -0.307 e. The van der Waals surface area contributed by atoms with E-state index in [0.29, 0.717) is 22.9 Å². The van der Waals surface area contributed by atoms with Crippen molar-refractivity contribution < 1.29 is 0 Å². The normalized spacial score (nSPS) is 23.5. The van der Waals surface area contributed by atoms with Gasteiger partial charge in [0.2, 0.25) is 0 Å². The summed E-state index contributed by atoms with van der Waals surface area (Å²) in [5.74, 6) is 0. The molecule has 1 aliphatic rings. The monoisotopic (exact) mass is 293 g/mol. The van der Waals surface area contributed by atoms with E-state index in [9.17, 15) is 0 Å². The Balaban J connectivity index is 2.03. The number of benzene rings is 1. The van der Waals surface area contributed by atoms with Crippen molar-refractivity contribution >= 4 is 11.6 Å². The van der Waals surface area contributed by atoms with Gasteiger partial charge in [-0.05, 0) is 54.7 Å². The van der Waals surface area contributed by atoms with Gasteiger partial charge >= 0.3 is 0 Å². The van der Waals surface area contributed by atoms with Gasteiger partial charge in [0.05, 0.1) is 0 Å². The number of nitrogens with one attached hydrogen (secondary N) is 1. The van der Waals surface area contributed by atoms with Crippen LogP contribution < -0.4 is 5.32 Å². The summed E-state index contributed by atoms with van der Waals surface area (Å²) in [6, 6.07) is 9.17. The maximum atomic E-state index is 5.96. The van der Waals surface area contributed by atoms with Gasteiger partial charge in [-0.15, -0.1) is 0 Å². The second-order valence-corrected chi connectivity index (χ2v) is 8.49. The van der Waals surface area contributed by atoms with Gasteiger partial charge in [-0.1, -0.05) is 51.4 Å². The van der Waals surface area contributed by atoms with Gasteiger partial charge in [0.25, 0.3) is 0 Å². The van der Waals surface area contributed by atoms with E-state index >= 15 is 0 Å². The molecule has 0 radical (unpaired) electrons. The van der Waals surface area contributed by atoms with Gasteiger partial charge < -0.3 is 5.32 Å². The maximum Gasteiger partial charge on any atom is 0.0406 e. The molecule has 0 unspecified atom stereocenters. The second kappa shape index (κ2) is 5.69. The number of halogens is 1. The van der Waals surface area contributed by atoms with E-state index in [2.05, 4.69) is 52.1 Å². The summed E-state index contributed by atoms with van der Waals surface area (Å²) < 4.78 is 0. The molecule has 0 amide bonds. The van der Waals surface area contributed by atoms with E-state index in [1.54, 1.807) is 0 Å². The largest absolute Gasteiger partial charge is 0.307 e. The van der Waals surface area contributed by atoms with Crippen LogP contribution in [-0.4, -0.2) is 6.04 Å². The number of hydrogen-bond donors (Lipinski definition) is 1. The first-order valence-corrected chi connectivity index (χ1v) is 8.06. The molecule has 0 spiro atoms. The molecule has 1 saturated carbocycles. The molecular formula is C18H28ClN. The molecular weight excluding hydrogens is 266 g/mol. The van der Waals surface area contributed by atoms with Gasteiger partial charge in [-0.2, -0.15) is 0 Å². The predicted octanol–water partition coefficient (Wildman–Crippen LogP) is 5.60. The average Bonchev–Trinajstić information content (AvgIpc) is 2.25. The summed E-state index contributed by atoms with van der Waals surface area (Å²) in [6.07, 6.45) is 3.83. The summed E-state index contributed by atoms with van der Waals surface area (Å²) in [5, 5.41) is 4.63. The number of hydrogen-bond acceptors (Lipinski definition) is 1. The fourth-order valence-electron chi connectivity index (χ4n) is 4.17. The van der Waals surface area contributed by atoms with Gasteiger partial charge in [0.15, 0.2) is 0 Å². The first kappa shape index (κ1) is 15.9. The molecule has 1 aromatic carbocycles. The van der Waals surface area contributed by atoms with Crippen LogP contribution in [0.1, 0.15) is 65.5 Å². The standard InChI is InChI=1S/C18H28ClN/c1-13(14-6-8-15(19)9-7-14)20-16-10-17(2,3)12-18(4,5)11-16/h6-9,13,16,20H,10-12H2,1-5H3/t13-/m1/s1. The maximum absolute atomic E-state index is 5.96. The third-order valence-corrected chi connectivity index (χ3v) is 4.66. The predicted molar refractivity (Wildman–Crippen MR) is 88.2 cm³/mol. The first-order chi connectivity index (χ1) is 9.17. The smallest absolute Gasteiger partial charge is 0.0406 e. The molecule has 0 aliphatic heterocycles. The van der Waals surface area contributed by atoms with Crippen molar-refractivity contribution in [2.75, 3.05) is 0 Å². The summed E-state index contributed by atoms with van der Waals surface area (Å²) in [4.78, 5) is 0. The summed E-state index contributed by atoms with van der Waals surface area (Å²) in [7, 11) is 0. The quantitative estimate of drug-likeness (QED) is 0.765. The molecule has 20 heavy (non-hydrogen) atoms. The van der Waals surface area contributed by atoms with Gasteiger partial charge in [-0.3, -0.25) is 0 Å². The van der Waals surface area contributed by atoms with Crippen LogP contribution in [0.2, 0.25) is 5.02 Å². The van der Waals surface area contributed by atoms with Crippen molar-refractivity contribution in [2.24, 2.45) is 10.8 Å². The Morgan fingerprint density at radius 3 is 2.05 bits per heavy atom. The highest BCUT2D eigenvalue weighted by atomic mass is 35.5. The molecule has 1 aromatic rings. The van der Waals surface area contributed by atoms with Gasteiger partial charge in [0.1, 0.15) is 0 Å². The van der Waals surface area contributed by atoms with Crippen LogP contribution in [0.5, 0.6) is 0 Å². The Bertz CT molecular complexity index is 431. The molecule has 2 heteroatoms. The Morgan fingerprint density at radius 1 is 1.05 bits per heavy atom. The molecule has 112 valence electrons. The Kier molecular flexibility index (Phi) is 4.51. The summed E-state index contributed by atoms with van der Waals surface area (Å²) >= 11 is 5.96. The Labute approximate surface area is 129 Å². The van der Waals surface area contributed by atoms with Crippen molar-refractivity contribution in [3.05, 3.63) is 34.9 Å². The van der Waals surface area contributed by atoms with Crippen molar-refractivity contribution in [3.8, 4) is 0 Å². The average molecular weight is 294 g/mol. The molecule has 0 heterocycles. The van der Waals surface area contributed by atoms with E-state index in [1.165, 1.54) is 24.8 Å². The highest BCUT2D eigenvalue weighted by Gasteiger charge is 2.38. The molecule has 1 atom stereocenters. The third kappa shape index (κ3) is 4.23. The van der Waals surface area contributed by atoms with Crippen LogP contribution in [0.4, 0.5) is 0 Å². The van der Waals surface area contributed by atoms with Crippen molar-refractivity contribution in [1.29, 1.82) is 0 Å². The molecule has 1 aliphatic carbocycles. The molecule has 0 bridgehead atoms. The van der Waals surface area contributed by atoms with E-state index in [-0.39, 0.29) is 0 Å². The molecule has 0 aromatic heterocycles. The fraction of sp³-hybridized carbons (Fsp3) is 0.667. The van der Waals surface area contributed by atoms with Crippen LogP contribution in [-0.2, 0) is 0 Å². The van der Waals surface area contributed by atoms with Crippen LogP contribution in [0.3, 0.4) is 0 Å². The van der Waals surface area contributed by atoms with Gasteiger partial charge in [-0.25, -0.2) is 0 Å². The Hall–Kier alpha value is -0.530. The van der Waals surface area contributed by atoms with Crippen molar-refractivity contribution in [2.45, 2.75) is 66.0 Å². The zero-order valence-corrected chi connectivity index (χ0v) is 14.2. The van der Waals surface area contributed by atoms with Gasteiger partial charge in [0, 0.05) is 17.1 Å². The van der Waals surface area contributed by atoms with Crippen LogP contribution >= 0.6 is 11.6 Å². The van der Waals surface area contributed by atoms with Crippen molar-refractivity contribution in [1.82, 2.24) is 5.32 Å². The molecule has 0 saturated heterocycles. The lowest BCUT2D eigenvalue weighted by Crippen LogP contribution is -2.44. The lowest BCUT2D eigenvalue weighted by atomic mass is 9.63. The summed E-state index contributed by atoms with van der Waals surface area (Å²) in [5.41, 5.74) is 2.17. The summed E-state index contributed by atoms with van der Waals surface area (Å²) in [6.45, 7) is 11.8. The minimum absolute atomic E-state index is 0.377. The van der Waals surface area contributed by atoms with Crippen LogP contribution in [0.25, 0.3) is 0 Å². The molecule has 1 fully saturated rings. The Morgan fingerprint density at radius 2 is 1.55 bits per heavy atom. The zero-order chi connectivity index (χ0) is 15.0. The van der Waals surface area contributed by atoms with E-state index in [4.69, 9.17) is 11.6 Å². The lowest BCUT2D eigenvalue weighted by molar-refractivity contribution is 0.0811. The molecule has 1 N–H and O–H groups in total. The SMILES string of the molecule is C[C@@H](NC1CC(C)(C)CC(C)(C)C1)c1ccc(Cl)cc1. The van der Waals surface area contributed by atoms with E-state index in [0.717, 1.165) is 5.02 Å². The highest BCUT2D eigenvalue weighted by Crippen LogP contribution is 2.46. The second-order valence-electron chi connectivity index (χ2n) is 8.05.